The first-order valence-electron chi connectivity index (χ1n) is 4.98. The van der Waals surface area contributed by atoms with Crippen molar-refractivity contribution >= 4 is 16.4 Å². The first-order valence-corrected chi connectivity index (χ1v) is 6.32. The zero-order valence-electron chi connectivity index (χ0n) is 9.72. The van der Waals surface area contributed by atoms with Gasteiger partial charge in [0.2, 0.25) is 5.60 Å². The molecule has 0 saturated carbocycles. The number of hydrogen-bond donors (Lipinski definition) is 0. The number of esters is 1. The molecule has 7 heteroatoms. The summed E-state index contributed by atoms with van der Waals surface area (Å²) in [6, 6.07) is 0. The number of carbonyl (C=O) groups is 1. The first kappa shape index (κ1) is 13.4. The van der Waals surface area contributed by atoms with Crippen LogP contribution in [0.15, 0.2) is 0 Å². The third-order valence-corrected chi connectivity index (χ3v) is 3.34. The predicted molar refractivity (Wildman–Crippen MR) is 54.8 cm³/mol. The molecule has 2 atom stereocenters. The topological polar surface area (TPSA) is 78.9 Å². The SMILES string of the molecule is CC(C)COC(=O)[C@]1(C)OS(=O)(=O)O[C@@H]1C. The lowest BCUT2D eigenvalue weighted by Gasteiger charge is -2.21. The van der Waals surface area contributed by atoms with Gasteiger partial charge in [-0.1, -0.05) is 13.8 Å². The lowest BCUT2D eigenvalue weighted by molar-refractivity contribution is -0.163. The Hall–Kier alpha value is -0.660. The Morgan fingerprint density at radius 3 is 2.44 bits per heavy atom. The Labute approximate surface area is 95.2 Å². The van der Waals surface area contributed by atoms with E-state index in [-0.39, 0.29) is 12.5 Å². The van der Waals surface area contributed by atoms with Crippen molar-refractivity contribution in [1.29, 1.82) is 0 Å². The monoisotopic (exact) mass is 252 g/mol. The zero-order chi connectivity index (χ0) is 12.6. The summed E-state index contributed by atoms with van der Waals surface area (Å²) in [5.74, 6) is -0.559. The molecule has 0 radical (unpaired) electrons. The van der Waals surface area contributed by atoms with E-state index < -0.39 is 28.1 Å². The van der Waals surface area contributed by atoms with E-state index in [0.29, 0.717) is 0 Å². The average molecular weight is 252 g/mol. The van der Waals surface area contributed by atoms with Gasteiger partial charge in [-0.15, -0.1) is 0 Å². The molecular formula is C9H16O6S. The molecule has 1 heterocycles. The molecule has 0 aromatic carbocycles. The lowest BCUT2D eigenvalue weighted by Crippen LogP contribution is -2.45. The van der Waals surface area contributed by atoms with Crippen molar-refractivity contribution < 1.29 is 26.3 Å². The summed E-state index contributed by atoms with van der Waals surface area (Å²) in [5, 5.41) is 0. The van der Waals surface area contributed by atoms with Gasteiger partial charge in [0.1, 0.15) is 6.10 Å². The van der Waals surface area contributed by atoms with Gasteiger partial charge in [0, 0.05) is 0 Å². The van der Waals surface area contributed by atoms with Crippen molar-refractivity contribution in [2.24, 2.45) is 5.92 Å². The van der Waals surface area contributed by atoms with E-state index in [1.807, 2.05) is 13.8 Å². The van der Waals surface area contributed by atoms with Crippen LogP contribution >= 0.6 is 0 Å². The second-order valence-electron chi connectivity index (χ2n) is 4.33. The maximum atomic E-state index is 11.7. The number of rotatable bonds is 3. The molecule has 0 spiro atoms. The van der Waals surface area contributed by atoms with Crippen LogP contribution in [0.3, 0.4) is 0 Å². The molecule has 0 aromatic heterocycles. The molecule has 0 aromatic rings. The molecular weight excluding hydrogens is 236 g/mol. The van der Waals surface area contributed by atoms with Crippen LogP contribution < -0.4 is 0 Å². The molecule has 1 fully saturated rings. The van der Waals surface area contributed by atoms with Crippen molar-refractivity contribution in [2.75, 3.05) is 6.61 Å². The highest BCUT2D eigenvalue weighted by molar-refractivity contribution is 7.82. The Balaban J connectivity index is 2.75. The largest absolute Gasteiger partial charge is 0.463 e. The first-order chi connectivity index (χ1) is 7.17. The summed E-state index contributed by atoms with van der Waals surface area (Å²) in [7, 11) is -4.09. The van der Waals surface area contributed by atoms with Crippen molar-refractivity contribution in [3.8, 4) is 0 Å². The summed E-state index contributed by atoms with van der Waals surface area (Å²) < 4.78 is 36.2. The number of carbonyl (C=O) groups excluding carboxylic acids is 1. The highest BCUT2D eigenvalue weighted by Crippen LogP contribution is 2.31. The molecule has 1 saturated heterocycles. The maximum Gasteiger partial charge on any atom is 0.401 e. The van der Waals surface area contributed by atoms with Crippen molar-refractivity contribution in [2.45, 2.75) is 39.4 Å². The number of hydrogen-bond acceptors (Lipinski definition) is 6. The summed E-state index contributed by atoms with van der Waals surface area (Å²) in [6.07, 6.45) is -0.892. The summed E-state index contributed by atoms with van der Waals surface area (Å²) in [5.41, 5.74) is -1.59. The maximum absolute atomic E-state index is 11.7. The Morgan fingerprint density at radius 1 is 1.50 bits per heavy atom. The second kappa shape index (κ2) is 4.31. The fraction of sp³-hybridized carbons (Fsp3) is 0.889. The standard InChI is InChI=1S/C9H16O6S/c1-6(2)5-13-8(10)9(4)7(3)14-16(11,12)15-9/h6-7H,5H2,1-4H3/t7-,9-/m1/s1. The van der Waals surface area contributed by atoms with Crippen molar-refractivity contribution in [3.63, 3.8) is 0 Å². The summed E-state index contributed by atoms with van der Waals surface area (Å²) in [4.78, 5) is 11.7. The van der Waals surface area contributed by atoms with E-state index >= 15 is 0 Å². The molecule has 0 unspecified atom stereocenters. The Kier molecular flexibility index (Phi) is 3.61. The molecule has 16 heavy (non-hydrogen) atoms. The van der Waals surface area contributed by atoms with Crippen molar-refractivity contribution in [3.05, 3.63) is 0 Å². The van der Waals surface area contributed by atoms with Crippen LogP contribution in [0.4, 0.5) is 0 Å². The van der Waals surface area contributed by atoms with Crippen LogP contribution in [-0.2, 0) is 28.3 Å². The molecule has 94 valence electrons. The third kappa shape index (κ3) is 2.72. The van der Waals surface area contributed by atoms with Gasteiger partial charge in [-0.05, 0) is 19.8 Å². The Bertz CT molecular complexity index is 373. The molecule has 6 nitrogen and oxygen atoms in total. The van der Waals surface area contributed by atoms with E-state index in [2.05, 4.69) is 8.37 Å². The lowest BCUT2D eigenvalue weighted by atomic mass is 10.0. The number of ether oxygens (including phenoxy) is 1. The van der Waals surface area contributed by atoms with Gasteiger partial charge >= 0.3 is 16.4 Å². The molecule has 1 rings (SSSR count). The van der Waals surface area contributed by atoms with Gasteiger partial charge in [0.15, 0.2) is 0 Å². The van der Waals surface area contributed by atoms with Crippen LogP contribution in [0.1, 0.15) is 27.7 Å². The third-order valence-electron chi connectivity index (χ3n) is 2.27. The fourth-order valence-electron chi connectivity index (χ4n) is 1.15. The molecule has 1 aliphatic rings. The molecule has 0 N–H and O–H groups in total. The van der Waals surface area contributed by atoms with E-state index in [1.165, 1.54) is 13.8 Å². The van der Waals surface area contributed by atoms with Gasteiger partial charge in [-0.2, -0.15) is 8.42 Å². The minimum absolute atomic E-state index is 0.168. The molecule has 0 aliphatic carbocycles. The van der Waals surface area contributed by atoms with E-state index in [0.717, 1.165) is 0 Å². The average Bonchev–Trinajstić information content (AvgIpc) is 2.32. The van der Waals surface area contributed by atoms with Gasteiger partial charge in [-0.25, -0.2) is 13.2 Å². The van der Waals surface area contributed by atoms with Crippen LogP contribution in [0.5, 0.6) is 0 Å². The minimum atomic E-state index is -4.09. The van der Waals surface area contributed by atoms with Gasteiger partial charge in [0.25, 0.3) is 0 Å². The van der Waals surface area contributed by atoms with Crippen LogP contribution in [0, 0.1) is 5.92 Å². The summed E-state index contributed by atoms with van der Waals surface area (Å²) >= 11 is 0. The van der Waals surface area contributed by atoms with E-state index in [1.54, 1.807) is 0 Å². The van der Waals surface area contributed by atoms with E-state index in [4.69, 9.17) is 4.74 Å². The van der Waals surface area contributed by atoms with Crippen LogP contribution in [0.2, 0.25) is 0 Å². The molecule has 0 amide bonds. The Morgan fingerprint density at radius 2 is 2.06 bits per heavy atom. The van der Waals surface area contributed by atoms with Crippen LogP contribution in [0.25, 0.3) is 0 Å². The molecule has 0 bridgehead atoms. The van der Waals surface area contributed by atoms with Gasteiger partial charge in [-0.3, -0.25) is 0 Å². The highest BCUT2D eigenvalue weighted by atomic mass is 32.3. The normalized spacial score (nSPS) is 32.9. The van der Waals surface area contributed by atoms with Crippen LogP contribution in [-0.4, -0.2) is 32.7 Å². The summed E-state index contributed by atoms with van der Waals surface area (Å²) in [6.45, 7) is 6.75. The zero-order valence-corrected chi connectivity index (χ0v) is 10.5. The van der Waals surface area contributed by atoms with Gasteiger partial charge in [0.05, 0.1) is 6.61 Å². The van der Waals surface area contributed by atoms with Crippen molar-refractivity contribution in [1.82, 2.24) is 0 Å². The predicted octanol–water partition coefficient (Wildman–Crippen LogP) is 0.624. The molecule has 1 aliphatic heterocycles. The fourth-order valence-corrected chi connectivity index (χ4v) is 2.36. The van der Waals surface area contributed by atoms with Gasteiger partial charge < -0.3 is 4.74 Å². The van der Waals surface area contributed by atoms with E-state index in [9.17, 15) is 13.2 Å². The quantitative estimate of drug-likeness (QED) is 0.685. The smallest absolute Gasteiger partial charge is 0.401 e. The second-order valence-corrected chi connectivity index (χ2v) is 5.51. The minimum Gasteiger partial charge on any atom is -0.463 e. The highest BCUT2D eigenvalue weighted by Gasteiger charge is 2.54.